The highest BCUT2D eigenvalue weighted by Crippen LogP contribution is 2.22. The summed E-state index contributed by atoms with van der Waals surface area (Å²) >= 11 is 7.26. The zero-order valence-corrected chi connectivity index (χ0v) is 17.0. The Morgan fingerprint density at radius 2 is 2.12 bits per heavy atom. The van der Waals surface area contributed by atoms with E-state index in [-0.39, 0.29) is 17.5 Å². The fourth-order valence-corrected chi connectivity index (χ4v) is 5.70. The Morgan fingerprint density at radius 3 is 2.69 bits per heavy atom. The van der Waals surface area contributed by atoms with Gasteiger partial charge < -0.3 is 15.0 Å². The standard InChI is InChI=1S/C18H22N2O3S3/c1-23-16-6-4-14(5-7-16)11-19-18(24)20(12-17-3-2-9-25-17)15-8-10-26(21,22)13-15/h2-7,9,15H,8,10-13H2,1H3,(H,19,24)/t15-/m0/s1. The third-order valence-corrected chi connectivity index (χ3v) is 7.41. The molecule has 0 aliphatic carbocycles. The number of sulfone groups is 1. The van der Waals surface area contributed by atoms with E-state index in [9.17, 15) is 8.42 Å². The monoisotopic (exact) mass is 410 g/mol. The summed E-state index contributed by atoms with van der Waals surface area (Å²) in [5, 5.41) is 5.89. The minimum absolute atomic E-state index is 0.0713. The van der Waals surface area contributed by atoms with E-state index < -0.39 is 9.84 Å². The molecule has 1 fully saturated rings. The topological polar surface area (TPSA) is 58.6 Å². The largest absolute Gasteiger partial charge is 0.497 e. The molecule has 0 bridgehead atoms. The third kappa shape index (κ3) is 4.96. The lowest BCUT2D eigenvalue weighted by Crippen LogP contribution is -2.45. The third-order valence-electron chi connectivity index (χ3n) is 4.42. The second kappa shape index (κ2) is 8.37. The van der Waals surface area contributed by atoms with Crippen molar-refractivity contribution in [1.29, 1.82) is 0 Å². The summed E-state index contributed by atoms with van der Waals surface area (Å²) in [6.07, 6.45) is 0.623. The van der Waals surface area contributed by atoms with Crippen molar-refractivity contribution in [3.05, 3.63) is 52.2 Å². The molecule has 1 aliphatic heterocycles. The highest BCUT2D eigenvalue weighted by Gasteiger charge is 2.33. The van der Waals surface area contributed by atoms with Gasteiger partial charge in [0.15, 0.2) is 14.9 Å². The van der Waals surface area contributed by atoms with Gasteiger partial charge in [-0.15, -0.1) is 11.3 Å². The Hall–Kier alpha value is -1.64. The molecule has 2 aromatic rings. The number of hydrogen-bond donors (Lipinski definition) is 1. The van der Waals surface area contributed by atoms with Gasteiger partial charge in [-0.1, -0.05) is 18.2 Å². The summed E-state index contributed by atoms with van der Waals surface area (Å²) in [5.41, 5.74) is 1.09. The summed E-state index contributed by atoms with van der Waals surface area (Å²) in [7, 11) is -1.33. The van der Waals surface area contributed by atoms with Crippen molar-refractivity contribution in [3.8, 4) is 5.75 Å². The van der Waals surface area contributed by atoms with Crippen LogP contribution in [0, 0.1) is 0 Å². The first-order valence-electron chi connectivity index (χ1n) is 8.37. The van der Waals surface area contributed by atoms with E-state index in [4.69, 9.17) is 17.0 Å². The second-order valence-electron chi connectivity index (χ2n) is 6.27. The van der Waals surface area contributed by atoms with Gasteiger partial charge in [-0.2, -0.15) is 0 Å². The van der Waals surface area contributed by atoms with Crippen molar-refractivity contribution in [2.24, 2.45) is 0 Å². The second-order valence-corrected chi connectivity index (χ2v) is 9.92. The smallest absolute Gasteiger partial charge is 0.169 e. The first kappa shape index (κ1) is 19.1. The minimum Gasteiger partial charge on any atom is -0.497 e. The van der Waals surface area contributed by atoms with E-state index in [0.717, 1.165) is 11.3 Å². The van der Waals surface area contributed by atoms with Crippen LogP contribution in [0.3, 0.4) is 0 Å². The molecule has 140 valence electrons. The van der Waals surface area contributed by atoms with Gasteiger partial charge >= 0.3 is 0 Å². The SMILES string of the molecule is COc1ccc(CNC(=S)N(Cc2cccs2)[C@H]2CCS(=O)(=O)C2)cc1. The molecule has 1 N–H and O–H groups in total. The maximum absolute atomic E-state index is 11.9. The van der Waals surface area contributed by atoms with Crippen LogP contribution >= 0.6 is 23.6 Å². The van der Waals surface area contributed by atoms with Gasteiger partial charge in [0.05, 0.1) is 25.2 Å². The molecular formula is C18H22N2O3S3. The quantitative estimate of drug-likeness (QED) is 0.739. The molecule has 8 heteroatoms. The van der Waals surface area contributed by atoms with Crippen LogP contribution in [0.2, 0.25) is 0 Å². The van der Waals surface area contributed by atoms with Crippen LogP contribution in [0.4, 0.5) is 0 Å². The number of nitrogens with one attached hydrogen (secondary N) is 1. The van der Waals surface area contributed by atoms with E-state index in [1.165, 1.54) is 4.88 Å². The Morgan fingerprint density at radius 1 is 1.35 bits per heavy atom. The molecule has 1 aromatic heterocycles. The van der Waals surface area contributed by atoms with Crippen molar-refractivity contribution in [2.45, 2.75) is 25.6 Å². The lowest BCUT2D eigenvalue weighted by Gasteiger charge is -2.30. The molecule has 1 atom stereocenters. The number of nitrogens with zero attached hydrogens (tertiary/aromatic N) is 1. The van der Waals surface area contributed by atoms with Crippen LogP contribution in [0.15, 0.2) is 41.8 Å². The Labute approximate surface area is 163 Å². The number of benzene rings is 1. The van der Waals surface area contributed by atoms with Crippen molar-refractivity contribution < 1.29 is 13.2 Å². The maximum atomic E-state index is 11.9. The molecule has 3 rings (SSSR count). The van der Waals surface area contributed by atoms with E-state index in [1.807, 2.05) is 46.7 Å². The van der Waals surface area contributed by atoms with Crippen LogP contribution in [0.1, 0.15) is 16.9 Å². The molecule has 1 saturated heterocycles. The highest BCUT2D eigenvalue weighted by atomic mass is 32.2. The lowest BCUT2D eigenvalue weighted by atomic mass is 10.2. The molecule has 1 aliphatic rings. The predicted molar refractivity (Wildman–Crippen MR) is 109 cm³/mol. The lowest BCUT2D eigenvalue weighted by molar-refractivity contribution is 0.325. The number of rotatable bonds is 6. The number of thiocarbonyl (C=S) groups is 1. The predicted octanol–water partition coefficient (Wildman–Crippen LogP) is 2.82. The molecule has 5 nitrogen and oxygen atoms in total. The molecule has 0 radical (unpaired) electrons. The zero-order valence-electron chi connectivity index (χ0n) is 14.6. The normalized spacial score (nSPS) is 18.4. The Bertz CT molecular complexity index is 833. The summed E-state index contributed by atoms with van der Waals surface area (Å²) in [6.45, 7) is 1.22. The van der Waals surface area contributed by atoms with Gasteiger partial charge in [0.25, 0.3) is 0 Å². The summed E-state index contributed by atoms with van der Waals surface area (Å²) < 4.78 is 29.0. The van der Waals surface area contributed by atoms with Crippen molar-refractivity contribution >= 4 is 38.5 Å². The first-order chi connectivity index (χ1) is 12.5. The summed E-state index contributed by atoms with van der Waals surface area (Å²) in [6, 6.07) is 11.8. The molecule has 0 spiro atoms. The van der Waals surface area contributed by atoms with Crippen LogP contribution < -0.4 is 10.1 Å². The fourth-order valence-electron chi connectivity index (χ4n) is 2.98. The van der Waals surface area contributed by atoms with Gasteiger partial charge in [0.2, 0.25) is 0 Å². The first-order valence-corrected chi connectivity index (χ1v) is 11.5. The van der Waals surface area contributed by atoms with Gasteiger partial charge in [-0.3, -0.25) is 0 Å². The van der Waals surface area contributed by atoms with E-state index in [1.54, 1.807) is 18.4 Å². The summed E-state index contributed by atoms with van der Waals surface area (Å²) in [5.74, 6) is 1.22. The highest BCUT2D eigenvalue weighted by molar-refractivity contribution is 7.91. The molecule has 0 unspecified atom stereocenters. The van der Waals surface area contributed by atoms with Crippen LogP contribution in [0.5, 0.6) is 5.75 Å². The van der Waals surface area contributed by atoms with Gasteiger partial charge in [0.1, 0.15) is 5.75 Å². The molecule has 0 saturated carbocycles. The molecule has 0 amide bonds. The number of thiophene rings is 1. The summed E-state index contributed by atoms with van der Waals surface area (Å²) in [4.78, 5) is 3.19. The van der Waals surface area contributed by atoms with Crippen molar-refractivity contribution in [2.75, 3.05) is 18.6 Å². The fraction of sp³-hybridized carbons (Fsp3) is 0.389. The Kier molecular flexibility index (Phi) is 6.16. The van der Waals surface area contributed by atoms with Gasteiger partial charge in [-0.05, 0) is 47.8 Å². The van der Waals surface area contributed by atoms with Crippen LogP contribution in [-0.2, 0) is 22.9 Å². The number of ether oxygens (including phenoxy) is 1. The molecular weight excluding hydrogens is 388 g/mol. The van der Waals surface area contributed by atoms with Gasteiger partial charge in [0, 0.05) is 17.5 Å². The Balaban J connectivity index is 1.67. The maximum Gasteiger partial charge on any atom is 0.169 e. The van der Waals surface area contributed by atoms with E-state index in [0.29, 0.717) is 24.6 Å². The van der Waals surface area contributed by atoms with Gasteiger partial charge in [-0.25, -0.2) is 8.42 Å². The van der Waals surface area contributed by atoms with Crippen molar-refractivity contribution in [1.82, 2.24) is 10.2 Å². The molecule has 1 aromatic carbocycles. The van der Waals surface area contributed by atoms with Crippen molar-refractivity contribution in [3.63, 3.8) is 0 Å². The number of hydrogen-bond acceptors (Lipinski definition) is 5. The van der Waals surface area contributed by atoms with Crippen LogP contribution in [-0.4, -0.2) is 43.1 Å². The average Bonchev–Trinajstić information content (AvgIpc) is 3.27. The minimum atomic E-state index is -2.97. The average molecular weight is 411 g/mol. The zero-order chi connectivity index (χ0) is 18.6. The number of methoxy groups -OCH3 is 1. The molecule has 26 heavy (non-hydrogen) atoms. The van der Waals surface area contributed by atoms with E-state index >= 15 is 0 Å². The van der Waals surface area contributed by atoms with E-state index in [2.05, 4.69) is 5.32 Å². The van der Waals surface area contributed by atoms with Crippen LogP contribution in [0.25, 0.3) is 0 Å². The molecule has 2 heterocycles.